The molecule has 1 fully saturated rings. The van der Waals surface area contributed by atoms with E-state index in [1.165, 1.54) is 32.1 Å². The maximum absolute atomic E-state index is 10.4. The molecule has 1 aromatic rings. The van der Waals surface area contributed by atoms with Crippen LogP contribution in [-0.2, 0) is 0 Å². The Morgan fingerprint density at radius 3 is 1.89 bits per heavy atom. The number of phenolic OH excluding ortho intramolecular Hbond substituents is 1. The number of rotatable bonds is 7. The molecular weight excluding hydrogens is 376 g/mol. The monoisotopic (exact) mass is 400 g/mol. The van der Waals surface area contributed by atoms with Gasteiger partial charge in [0, 0.05) is 12.1 Å². The van der Waals surface area contributed by atoms with Crippen LogP contribution in [0.15, 0.2) is 12.1 Å². The first kappa shape index (κ1) is 23.2. The molecule has 0 heterocycles. The maximum atomic E-state index is 10.4. The van der Waals surface area contributed by atoms with Gasteiger partial charge in [0.2, 0.25) is 0 Å². The smallest absolute Gasteiger partial charge is 0.324 e. The number of nitrogens with zero attached hydrogens (tertiary/aromatic N) is 3. The first-order valence-electron chi connectivity index (χ1n) is 8.88. The minimum absolute atomic E-state index is 0.285. The summed E-state index contributed by atoms with van der Waals surface area (Å²) in [7, 11) is 0. The molecule has 3 N–H and O–H groups in total. The average molecular weight is 400 g/mol. The normalized spacial score (nSPS) is 15.2. The molecule has 1 aliphatic rings. The van der Waals surface area contributed by atoms with Gasteiger partial charge in [-0.05, 0) is 19.3 Å². The molecule has 1 atom stereocenters. The Kier molecular flexibility index (Phi) is 9.18. The third-order valence-corrected chi connectivity index (χ3v) is 4.45. The molecule has 0 aromatic heterocycles. The second kappa shape index (κ2) is 11.1. The van der Waals surface area contributed by atoms with Crippen molar-refractivity contribution >= 4 is 17.1 Å². The Balaban J connectivity index is 0.000000292. The summed E-state index contributed by atoms with van der Waals surface area (Å²) < 4.78 is 0. The van der Waals surface area contributed by atoms with Crippen molar-refractivity contribution < 1.29 is 25.0 Å². The zero-order valence-corrected chi connectivity index (χ0v) is 15.4. The first-order chi connectivity index (χ1) is 13.2. The Hall–Kier alpha value is -2.86. The van der Waals surface area contributed by atoms with Crippen molar-refractivity contribution in [2.45, 2.75) is 57.5 Å². The Bertz CT molecular complexity index is 667. The van der Waals surface area contributed by atoms with Gasteiger partial charge in [-0.25, -0.2) is 0 Å². The van der Waals surface area contributed by atoms with Gasteiger partial charge in [0.1, 0.15) is 0 Å². The van der Waals surface area contributed by atoms with E-state index in [2.05, 4.69) is 12.2 Å². The van der Waals surface area contributed by atoms with Gasteiger partial charge in [0.05, 0.1) is 33.5 Å². The number of non-ortho nitro benzene ring substituents is 1. The molecule has 1 saturated carbocycles. The molecule has 0 amide bonds. The van der Waals surface area contributed by atoms with E-state index in [-0.39, 0.29) is 6.61 Å². The molecule has 0 aliphatic heterocycles. The summed E-state index contributed by atoms with van der Waals surface area (Å²) in [6.07, 6.45) is 7.76. The van der Waals surface area contributed by atoms with Gasteiger partial charge in [-0.2, -0.15) is 0 Å². The molecule has 0 radical (unpaired) electrons. The fraction of sp³-hybridized carbons (Fsp3) is 0.625. The van der Waals surface area contributed by atoms with Crippen LogP contribution in [0.2, 0.25) is 0 Å². The SMILES string of the molecule is CCC(CO)NC1CCCCC1.O=[N+]([O-])c1cc([N+](=O)[O-])c(O)c([N+](=O)[O-])c1. The van der Waals surface area contributed by atoms with E-state index in [0.717, 1.165) is 6.42 Å². The standard InChI is InChI=1S/C10H21NO.C6H3N3O7/c1-2-9(8-12)11-10-6-4-3-5-7-10;10-6-4(8(13)14)1-3(7(11)12)2-5(6)9(15)16/h9-12H,2-8H2,1H3;1-2,10H. The zero-order valence-electron chi connectivity index (χ0n) is 15.4. The number of nitro groups is 3. The van der Waals surface area contributed by atoms with Crippen molar-refractivity contribution in [2.24, 2.45) is 0 Å². The minimum Gasteiger partial charge on any atom is -0.497 e. The Morgan fingerprint density at radius 2 is 1.54 bits per heavy atom. The molecule has 1 aromatic carbocycles. The summed E-state index contributed by atoms with van der Waals surface area (Å²) >= 11 is 0. The first-order valence-corrected chi connectivity index (χ1v) is 8.88. The summed E-state index contributed by atoms with van der Waals surface area (Å²) in [6, 6.07) is 1.90. The molecule has 12 heteroatoms. The highest BCUT2D eigenvalue weighted by atomic mass is 16.6. The van der Waals surface area contributed by atoms with Gasteiger partial charge in [-0.3, -0.25) is 30.3 Å². The van der Waals surface area contributed by atoms with Crippen molar-refractivity contribution in [3.8, 4) is 5.75 Å². The van der Waals surface area contributed by atoms with E-state index in [9.17, 15) is 30.3 Å². The third-order valence-electron chi connectivity index (χ3n) is 4.45. The minimum atomic E-state index is -1.21. The van der Waals surface area contributed by atoms with Crippen LogP contribution in [0.1, 0.15) is 45.4 Å². The Labute approximate surface area is 160 Å². The number of aliphatic hydroxyl groups excluding tert-OH is 1. The lowest BCUT2D eigenvalue weighted by Crippen LogP contribution is -2.41. The fourth-order valence-corrected chi connectivity index (χ4v) is 2.88. The van der Waals surface area contributed by atoms with Crippen LogP contribution < -0.4 is 5.32 Å². The number of hydrogen-bond acceptors (Lipinski definition) is 9. The summed E-state index contributed by atoms with van der Waals surface area (Å²) in [5.41, 5.74) is -3.00. The number of phenols is 1. The molecule has 0 bridgehead atoms. The van der Waals surface area contributed by atoms with Crippen molar-refractivity contribution in [2.75, 3.05) is 6.61 Å². The number of nitrogens with one attached hydrogen (secondary N) is 1. The molecule has 2 rings (SSSR count). The lowest BCUT2D eigenvalue weighted by molar-refractivity contribution is -0.404. The number of aromatic hydroxyl groups is 1. The topological polar surface area (TPSA) is 182 Å². The number of nitro benzene ring substituents is 3. The van der Waals surface area contributed by atoms with Crippen molar-refractivity contribution in [3.63, 3.8) is 0 Å². The van der Waals surface area contributed by atoms with E-state index in [0.29, 0.717) is 24.2 Å². The van der Waals surface area contributed by atoms with Crippen molar-refractivity contribution in [1.82, 2.24) is 5.32 Å². The van der Waals surface area contributed by atoms with Gasteiger partial charge < -0.3 is 15.5 Å². The van der Waals surface area contributed by atoms with E-state index in [1.807, 2.05) is 0 Å². The number of benzene rings is 1. The molecule has 28 heavy (non-hydrogen) atoms. The van der Waals surface area contributed by atoms with Crippen LogP contribution in [0.25, 0.3) is 0 Å². The van der Waals surface area contributed by atoms with Crippen LogP contribution in [-0.4, -0.2) is 43.7 Å². The van der Waals surface area contributed by atoms with Gasteiger partial charge in [0.25, 0.3) is 11.4 Å². The van der Waals surface area contributed by atoms with Crippen molar-refractivity contribution in [1.29, 1.82) is 0 Å². The summed E-state index contributed by atoms with van der Waals surface area (Å²) in [5, 5.41) is 52.7. The summed E-state index contributed by atoms with van der Waals surface area (Å²) in [4.78, 5) is 27.8. The van der Waals surface area contributed by atoms with Crippen LogP contribution in [0.3, 0.4) is 0 Å². The van der Waals surface area contributed by atoms with E-state index in [4.69, 9.17) is 10.2 Å². The van der Waals surface area contributed by atoms with Crippen LogP contribution in [0, 0.1) is 30.3 Å². The van der Waals surface area contributed by atoms with Crippen molar-refractivity contribution in [3.05, 3.63) is 42.5 Å². The summed E-state index contributed by atoms with van der Waals surface area (Å²) in [5.74, 6) is -1.21. The predicted molar refractivity (Wildman–Crippen MR) is 99.2 cm³/mol. The summed E-state index contributed by atoms with van der Waals surface area (Å²) in [6.45, 7) is 2.41. The second-order valence-corrected chi connectivity index (χ2v) is 6.39. The van der Waals surface area contributed by atoms with Gasteiger partial charge in [-0.15, -0.1) is 0 Å². The van der Waals surface area contributed by atoms with Gasteiger partial charge >= 0.3 is 11.4 Å². The van der Waals surface area contributed by atoms with Gasteiger partial charge in [0.15, 0.2) is 0 Å². The van der Waals surface area contributed by atoms with Crippen LogP contribution >= 0.6 is 0 Å². The highest BCUT2D eigenvalue weighted by molar-refractivity contribution is 5.64. The Morgan fingerprint density at radius 1 is 1.04 bits per heavy atom. The second-order valence-electron chi connectivity index (χ2n) is 6.39. The molecular formula is C16H24N4O8. The quantitative estimate of drug-likeness (QED) is 0.457. The third kappa shape index (κ3) is 6.70. The highest BCUT2D eigenvalue weighted by Gasteiger charge is 2.30. The zero-order chi connectivity index (χ0) is 21.3. The van der Waals surface area contributed by atoms with Crippen LogP contribution in [0.4, 0.5) is 17.1 Å². The maximum Gasteiger partial charge on any atom is 0.324 e. The lowest BCUT2D eigenvalue weighted by atomic mass is 9.95. The predicted octanol–water partition coefficient (Wildman–Crippen LogP) is 2.80. The van der Waals surface area contributed by atoms with Gasteiger partial charge in [-0.1, -0.05) is 26.2 Å². The molecule has 156 valence electrons. The van der Waals surface area contributed by atoms with E-state index >= 15 is 0 Å². The number of aliphatic hydroxyl groups is 1. The highest BCUT2D eigenvalue weighted by Crippen LogP contribution is 2.38. The average Bonchev–Trinajstić information content (AvgIpc) is 2.66. The number of hydrogen-bond donors (Lipinski definition) is 3. The lowest BCUT2D eigenvalue weighted by Gasteiger charge is -2.26. The van der Waals surface area contributed by atoms with E-state index in [1.54, 1.807) is 0 Å². The van der Waals surface area contributed by atoms with E-state index < -0.39 is 37.6 Å². The molecule has 0 spiro atoms. The molecule has 0 saturated heterocycles. The fourth-order valence-electron chi connectivity index (χ4n) is 2.88. The van der Waals surface area contributed by atoms with Crippen LogP contribution in [0.5, 0.6) is 5.75 Å². The largest absolute Gasteiger partial charge is 0.497 e. The molecule has 12 nitrogen and oxygen atoms in total. The molecule has 1 unspecified atom stereocenters. The molecule has 1 aliphatic carbocycles.